The molecule has 0 saturated carbocycles. The number of carbonyl (C=O) groups excluding carboxylic acids is 3. The summed E-state index contributed by atoms with van der Waals surface area (Å²) in [5.74, 6) is -0.426. The molecule has 0 aliphatic carbocycles. The number of carbonyl (C=O) groups is 3. The minimum Gasteiger partial charge on any atom is -0.464 e. The smallest absolute Gasteiger partial charge is 0.308 e. The van der Waals surface area contributed by atoms with Crippen LogP contribution in [0, 0.1) is 11.8 Å². The van der Waals surface area contributed by atoms with Crippen LogP contribution in [-0.4, -0.2) is 62.1 Å². The van der Waals surface area contributed by atoms with Crippen LogP contribution in [0.1, 0.15) is 195 Å². The summed E-state index contributed by atoms with van der Waals surface area (Å²) in [4.78, 5) is 41.2. The molecule has 0 rings (SSSR count). The molecule has 0 aromatic heterocycles. The van der Waals surface area contributed by atoms with Gasteiger partial charge in [-0.25, -0.2) is 0 Å². The minimum atomic E-state index is -0.122. The second kappa shape index (κ2) is 35.2. The number of hydrogen-bond acceptors (Lipinski definition) is 6. The maximum absolute atomic E-state index is 13.2. The van der Waals surface area contributed by atoms with E-state index in [9.17, 15) is 14.4 Å². The van der Waals surface area contributed by atoms with E-state index in [1.165, 1.54) is 89.9 Å². The Morgan fingerprint density at radius 3 is 1.17 bits per heavy atom. The maximum Gasteiger partial charge on any atom is 0.308 e. The Balaban J connectivity index is 5.08. The number of esters is 2. The molecule has 0 fully saturated rings. The molecular weight excluding hydrogens is 600 g/mol. The van der Waals surface area contributed by atoms with Gasteiger partial charge in [-0.1, -0.05) is 163 Å². The van der Waals surface area contributed by atoms with E-state index in [0.717, 1.165) is 77.2 Å². The van der Waals surface area contributed by atoms with Gasteiger partial charge in [-0.15, -0.1) is 0 Å². The Labute approximate surface area is 297 Å². The van der Waals surface area contributed by atoms with E-state index in [-0.39, 0.29) is 49.4 Å². The number of hydrogen-bond donors (Lipinski definition) is 1. The quantitative estimate of drug-likeness (QED) is 0.0524. The summed E-state index contributed by atoms with van der Waals surface area (Å²) in [6, 6.07) is 0. The van der Waals surface area contributed by atoms with Crippen molar-refractivity contribution in [3.05, 3.63) is 0 Å². The zero-order valence-electron chi connectivity index (χ0n) is 32.6. The molecular formula is C41H80N2O5. The molecule has 7 nitrogen and oxygen atoms in total. The van der Waals surface area contributed by atoms with Crippen molar-refractivity contribution in [1.82, 2.24) is 10.2 Å². The van der Waals surface area contributed by atoms with Crippen LogP contribution >= 0.6 is 0 Å². The van der Waals surface area contributed by atoms with E-state index in [4.69, 9.17) is 9.47 Å². The predicted octanol–water partition coefficient (Wildman–Crippen LogP) is 10.6. The average Bonchev–Trinajstić information content (AvgIpc) is 3.08. The molecule has 7 heteroatoms. The zero-order valence-corrected chi connectivity index (χ0v) is 32.6. The lowest BCUT2D eigenvalue weighted by atomic mass is 9.94. The van der Waals surface area contributed by atoms with E-state index >= 15 is 0 Å². The molecule has 0 radical (unpaired) electrons. The van der Waals surface area contributed by atoms with Crippen LogP contribution in [0.3, 0.4) is 0 Å². The number of unbranched alkanes of at least 4 members (excludes halogenated alkanes) is 16. The van der Waals surface area contributed by atoms with Crippen molar-refractivity contribution in [2.75, 3.05) is 39.4 Å². The van der Waals surface area contributed by atoms with E-state index in [1.54, 1.807) is 4.90 Å². The second-order valence-corrected chi connectivity index (χ2v) is 14.1. The third-order valence-electron chi connectivity index (χ3n) is 9.56. The number of amides is 1. The van der Waals surface area contributed by atoms with E-state index in [1.807, 2.05) is 0 Å². The summed E-state index contributed by atoms with van der Waals surface area (Å²) in [5.41, 5.74) is 0. The Morgan fingerprint density at radius 2 is 0.812 bits per heavy atom. The largest absolute Gasteiger partial charge is 0.464 e. The molecule has 0 aliphatic rings. The lowest BCUT2D eigenvalue weighted by molar-refractivity contribution is -0.152. The van der Waals surface area contributed by atoms with E-state index in [0.29, 0.717) is 13.1 Å². The Kier molecular flexibility index (Phi) is 34.0. The zero-order chi connectivity index (χ0) is 35.5. The second-order valence-electron chi connectivity index (χ2n) is 14.1. The van der Waals surface area contributed by atoms with Crippen LogP contribution in [0.4, 0.5) is 0 Å². The first kappa shape index (κ1) is 46.4. The van der Waals surface area contributed by atoms with Crippen molar-refractivity contribution in [3.8, 4) is 0 Å². The summed E-state index contributed by atoms with van der Waals surface area (Å²) in [7, 11) is 0. The summed E-state index contributed by atoms with van der Waals surface area (Å²) in [6.45, 7) is 12.9. The van der Waals surface area contributed by atoms with Gasteiger partial charge in [0.1, 0.15) is 13.2 Å². The molecule has 0 aliphatic heterocycles. The molecule has 2 atom stereocenters. The van der Waals surface area contributed by atoms with Crippen LogP contribution in [0.25, 0.3) is 0 Å². The number of ether oxygens (including phenoxy) is 2. The fourth-order valence-corrected chi connectivity index (χ4v) is 6.33. The van der Waals surface area contributed by atoms with Gasteiger partial charge in [0, 0.05) is 0 Å². The predicted molar refractivity (Wildman–Crippen MR) is 202 cm³/mol. The molecule has 1 amide bonds. The SMILES string of the molecule is CCCCCCCCC(CCCCCC)C(=O)OCCN(CCOC(=O)C(CCCCCC)CCCCCCCC)C(=O)CNCCC. The highest BCUT2D eigenvalue weighted by Gasteiger charge is 2.22. The Morgan fingerprint density at radius 1 is 0.479 bits per heavy atom. The summed E-state index contributed by atoms with van der Waals surface area (Å²) in [6.07, 6.45) is 28.2. The highest BCUT2D eigenvalue weighted by atomic mass is 16.5. The molecule has 284 valence electrons. The third-order valence-corrected chi connectivity index (χ3v) is 9.56. The number of rotatable bonds is 36. The topological polar surface area (TPSA) is 84.9 Å². The fraction of sp³-hybridized carbons (Fsp3) is 0.927. The van der Waals surface area contributed by atoms with Crippen LogP contribution in [-0.2, 0) is 23.9 Å². The van der Waals surface area contributed by atoms with Crippen LogP contribution in [0.5, 0.6) is 0 Å². The van der Waals surface area contributed by atoms with Gasteiger partial charge >= 0.3 is 11.9 Å². The standard InChI is InChI=1S/C41H80N2O5/c1-6-11-15-19-21-25-29-37(27-23-17-13-8-3)40(45)47-34-32-43(39(44)36-42-31-10-5)33-35-48-41(46)38(28-24-18-14-9-4)30-26-22-20-16-12-7-2/h37-38,42H,6-36H2,1-5H3. The van der Waals surface area contributed by atoms with Crippen LogP contribution in [0.2, 0.25) is 0 Å². The Hall–Kier alpha value is -1.63. The van der Waals surface area contributed by atoms with Gasteiger partial charge in [-0.05, 0) is 38.6 Å². The van der Waals surface area contributed by atoms with Gasteiger partial charge in [-0.3, -0.25) is 14.4 Å². The van der Waals surface area contributed by atoms with Crippen LogP contribution in [0.15, 0.2) is 0 Å². The minimum absolute atomic E-state index is 0.0538. The average molecular weight is 681 g/mol. The molecule has 0 saturated heterocycles. The molecule has 0 aromatic rings. The van der Waals surface area contributed by atoms with Crippen molar-refractivity contribution >= 4 is 17.8 Å². The van der Waals surface area contributed by atoms with Gasteiger partial charge in [-0.2, -0.15) is 0 Å². The van der Waals surface area contributed by atoms with Gasteiger partial charge in [0.2, 0.25) is 5.91 Å². The first-order valence-corrected chi connectivity index (χ1v) is 20.8. The first-order valence-electron chi connectivity index (χ1n) is 20.8. The number of nitrogens with zero attached hydrogens (tertiary/aromatic N) is 1. The van der Waals surface area contributed by atoms with Gasteiger partial charge in [0.05, 0.1) is 31.5 Å². The van der Waals surface area contributed by atoms with Gasteiger partial charge in [0.25, 0.3) is 0 Å². The molecule has 0 spiro atoms. The molecule has 0 aromatic carbocycles. The molecule has 48 heavy (non-hydrogen) atoms. The van der Waals surface area contributed by atoms with Gasteiger partial charge < -0.3 is 19.7 Å². The molecule has 2 unspecified atom stereocenters. The monoisotopic (exact) mass is 681 g/mol. The van der Waals surface area contributed by atoms with Crippen molar-refractivity contribution in [1.29, 1.82) is 0 Å². The molecule has 0 bridgehead atoms. The summed E-state index contributed by atoms with van der Waals surface area (Å²) < 4.78 is 11.6. The van der Waals surface area contributed by atoms with E-state index < -0.39 is 0 Å². The van der Waals surface area contributed by atoms with Crippen molar-refractivity contribution < 1.29 is 23.9 Å². The maximum atomic E-state index is 13.2. The summed E-state index contributed by atoms with van der Waals surface area (Å²) >= 11 is 0. The fourth-order valence-electron chi connectivity index (χ4n) is 6.33. The van der Waals surface area contributed by atoms with Crippen molar-refractivity contribution in [2.24, 2.45) is 11.8 Å². The van der Waals surface area contributed by atoms with Crippen molar-refractivity contribution in [3.63, 3.8) is 0 Å². The van der Waals surface area contributed by atoms with Crippen LogP contribution < -0.4 is 5.32 Å². The highest BCUT2D eigenvalue weighted by Crippen LogP contribution is 2.22. The third kappa shape index (κ3) is 27.2. The highest BCUT2D eigenvalue weighted by molar-refractivity contribution is 5.78. The van der Waals surface area contributed by atoms with E-state index in [2.05, 4.69) is 39.9 Å². The van der Waals surface area contributed by atoms with Crippen molar-refractivity contribution in [2.45, 2.75) is 195 Å². The Bertz CT molecular complexity index is 696. The van der Waals surface area contributed by atoms with Gasteiger partial charge in [0.15, 0.2) is 0 Å². The summed E-state index contributed by atoms with van der Waals surface area (Å²) in [5, 5.41) is 3.19. The molecule has 0 heterocycles. The normalized spacial score (nSPS) is 12.5. The lowest BCUT2D eigenvalue weighted by Gasteiger charge is -2.24. The first-order chi connectivity index (χ1) is 23.4. The molecule has 1 N–H and O–H groups in total. The lowest BCUT2D eigenvalue weighted by Crippen LogP contribution is -2.42. The number of nitrogens with one attached hydrogen (secondary N) is 1.